The average Bonchev–Trinajstić information content (AvgIpc) is 2.96. The van der Waals surface area contributed by atoms with Crippen molar-refractivity contribution < 1.29 is 46.4 Å². The summed E-state index contributed by atoms with van der Waals surface area (Å²) in [5.41, 5.74) is 0.902. The minimum atomic E-state index is -4.39. The van der Waals surface area contributed by atoms with E-state index in [1.54, 1.807) is 48.5 Å². The number of para-hydroxylation sites is 2. The molecule has 0 saturated carbocycles. The minimum absolute atomic E-state index is 0. The number of alkyl halides is 6. The van der Waals surface area contributed by atoms with Crippen LogP contribution in [0.3, 0.4) is 0 Å². The van der Waals surface area contributed by atoms with Crippen molar-refractivity contribution in [2.24, 2.45) is 0 Å². The van der Waals surface area contributed by atoms with Crippen LogP contribution in [-0.2, 0) is 32.5 Å². The van der Waals surface area contributed by atoms with Crippen molar-refractivity contribution >= 4 is 21.8 Å². The van der Waals surface area contributed by atoms with Crippen LogP contribution < -0.4 is 0 Å². The van der Waals surface area contributed by atoms with E-state index in [0.717, 1.165) is 22.9 Å². The first-order valence-corrected chi connectivity index (χ1v) is 12.2. The topological polar surface area (TPSA) is 25.8 Å². The van der Waals surface area contributed by atoms with Crippen molar-refractivity contribution in [3.63, 3.8) is 0 Å². The Morgan fingerprint density at radius 2 is 0.732 bits per heavy atom. The standard InChI is InChI=1S/2C16H10F3N.Ir/c2*17-16(18,19)13-7-3-2-6-12(13)15-10-9-11-5-1-4-8-14(11)20-15;/h2*1-10H;/q;;+3. The van der Waals surface area contributed by atoms with Gasteiger partial charge in [-0.2, -0.15) is 26.3 Å². The van der Waals surface area contributed by atoms with Crippen LogP contribution in [0.2, 0.25) is 0 Å². The molecule has 2 aromatic heterocycles. The number of hydrogen-bond acceptors (Lipinski definition) is 2. The molecular formula is C32H20F6IrN2+3. The van der Waals surface area contributed by atoms with E-state index in [2.05, 4.69) is 9.97 Å². The van der Waals surface area contributed by atoms with Gasteiger partial charge in [0.05, 0.1) is 33.5 Å². The first kappa shape index (κ1) is 29.9. The number of benzene rings is 4. The molecule has 0 aliphatic rings. The van der Waals surface area contributed by atoms with E-state index in [0.29, 0.717) is 22.4 Å². The van der Waals surface area contributed by atoms with E-state index in [9.17, 15) is 26.3 Å². The molecule has 0 fully saturated rings. The molecule has 0 aliphatic heterocycles. The molecule has 4 aromatic carbocycles. The number of pyridine rings is 2. The van der Waals surface area contributed by atoms with Gasteiger partial charge < -0.3 is 0 Å². The summed E-state index contributed by atoms with van der Waals surface area (Å²) in [6.07, 6.45) is -8.77. The molecule has 6 aromatic rings. The second-order valence-corrected chi connectivity index (χ2v) is 8.87. The van der Waals surface area contributed by atoms with Crippen molar-refractivity contribution in [3.05, 3.63) is 132 Å². The van der Waals surface area contributed by atoms with Crippen LogP contribution in [0.4, 0.5) is 26.3 Å². The maximum absolute atomic E-state index is 13.0. The van der Waals surface area contributed by atoms with E-state index in [4.69, 9.17) is 0 Å². The number of nitrogens with zero attached hydrogens (tertiary/aromatic N) is 2. The van der Waals surface area contributed by atoms with Crippen molar-refractivity contribution in [3.8, 4) is 22.5 Å². The zero-order valence-electron chi connectivity index (χ0n) is 21.0. The number of rotatable bonds is 2. The van der Waals surface area contributed by atoms with Crippen molar-refractivity contribution in [2.75, 3.05) is 0 Å². The Labute approximate surface area is 245 Å². The summed E-state index contributed by atoms with van der Waals surface area (Å²) in [4.78, 5) is 8.64. The molecular weight excluding hydrogens is 719 g/mol. The SMILES string of the molecule is FC(F)(F)c1ccccc1-c1ccc2ccccc2n1.FC(F)(F)c1ccccc1-c1ccc2ccccc2n1.[Ir+3]. The molecule has 0 atom stereocenters. The Balaban J connectivity index is 0.000000184. The van der Waals surface area contributed by atoms with Crippen LogP contribution in [0.5, 0.6) is 0 Å². The van der Waals surface area contributed by atoms with Gasteiger partial charge in [-0.15, -0.1) is 0 Å². The summed E-state index contributed by atoms with van der Waals surface area (Å²) in [6.45, 7) is 0. The third kappa shape index (κ3) is 6.81. The molecule has 0 spiro atoms. The van der Waals surface area contributed by atoms with Crippen LogP contribution in [0, 0.1) is 0 Å². The molecule has 0 N–H and O–H groups in total. The monoisotopic (exact) mass is 739 g/mol. The van der Waals surface area contributed by atoms with Gasteiger partial charge in [0.2, 0.25) is 0 Å². The van der Waals surface area contributed by atoms with Gasteiger partial charge in [0, 0.05) is 21.9 Å². The van der Waals surface area contributed by atoms with Crippen molar-refractivity contribution in [1.82, 2.24) is 9.97 Å². The van der Waals surface area contributed by atoms with Gasteiger partial charge in [-0.05, 0) is 36.4 Å². The Kier molecular flexibility index (Phi) is 8.90. The largest absolute Gasteiger partial charge is 3.00 e. The molecule has 0 saturated heterocycles. The van der Waals surface area contributed by atoms with Crippen LogP contribution in [0.1, 0.15) is 11.1 Å². The fourth-order valence-corrected chi connectivity index (χ4v) is 4.34. The number of halogens is 6. The van der Waals surface area contributed by atoms with Gasteiger partial charge >= 0.3 is 32.5 Å². The van der Waals surface area contributed by atoms with E-state index in [1.807, 2.05) is 36.4 Å². The smallest absolute Gasteiger partial charge is 0.248 e. The normalized spacial score (nSPS) is 11.5. The minimum Gasteiger partial charge on any atom is -0.248 e. The van der Waals surface area contributed by atoms with Crippen LogP contribution in [0.25, 0.3) is 44.3 Å². The Morgan fingerprint density at radius 3 is 1.12 bits per heavy atom. The van der Waals surface area contributed by atoms with Gasteiger partial charge in [0.25, 0.3) is 0 Å². The third-order valence-corrected chi connectivity index (χ3v) is 6.21. The Morgan fingerprint density at radius 1 is 0.390 bits per heavy atom. The average molecular weight is 739 g/mol. The molecule has 41 heavy (non-hydrogen) atoms. The van der Waals surface area contributed by atoms with E-state index in [1.165, 1.54) is 24.3 Å². The molecule has 2 nitrogen and oxygen atoms in total. The summed E-state index contributed by atoms with van der Waals surface area (Å²) in [7, 11) is 0. The molecule has 0 aliphatic carbocycles. The zero-order valence-corrected chi connectivity index (χ0v) is 23.4. The molecule has 6 rings (SSSR count). The first-order valence-electron chi connectivity index (χ1n) is 12.2. The predicted molar refractivity (Wildman–Crippen MR) is 144 cm³/mol. The molecule has 0 bridgehead atoms. The first-order chi connectivity index (χ1) is 19.1. The molecule has 2 heterocycles. The van der Waals surface area contributed by atoms with E-state index in [-0.39, 0.29) is 31.2 Å². The maximum Gasteiger partial charge on any atom is 3.00 e. The van der Waals surface area contributed by atoms with E-state index < -0.39 is 23.5 Å². The molecule has 206 valence electrons. The molecule has 0 radical (unpaired) electrons. The fourth-order valence-electron chi connectivity index (χ4n) is 4.34. The van der Waals surface area contributed by atoms with Gasteiger partial charge in [0.1, 0.15) is 0 Å². The van der Waals surface area contributed by atoms with Gasteiger partial charge in [-0.3, -0.25) is 0 Å². The molecule has 0 unspecified atom stereocenters. The molecule has 0 amide bonds. The fraction of sp³-hybridized carbons (Fsp3) is 0.0625. The van der Waals surface area contributed by atoms with Gasteiger partial charge in [-0.25, -0.2) is 9.97 Å². The summed E-state index contributed by atoms with van der Waals surface area (Å²) < 4.78 is 78.1. The summed E-state index contributed by atoms with van der Waals surface area (Å²) in [5.74, 6) is 0. The van der Waals surface area contributed by atoms with Crippen molar-refractivity contribution in [1.29, 1.82) is 0 Å². The quantitative estimate of drug-likeness (QED) is 0.166. The summed E-state index contributed by atoms with van der Waals surface area (Å²) in [6, 6.07) is 32.5. The second kappa shape index (κ2) is 12.2. The number of fused-ring (bicyclic) bond motifs is 2. The zero-order chi connectivity index (χ0) is 28.3. The third-order valence-electron chi connectivity index (χ3n) is 6.21. The number of aromatic nitrogens is 2. The number of hydrogen-bond donors (Lipinski definition) is 0. The van der Waals surface area contributed by atoms with Crippen molar-refractivity contribution in [2.45, 2.75) is 12.4 Å². The Hall–Kier alpha value is -4.07. The van der Waals surface area contributed by atoms with Crippen LogP contribution in [-0.4, -0.2) is 9.97 Å². The molecule has 9 heteroatoms. The van der Waals surface area contributed by atoms with Crippen LogP contribution >= 0.6 is 0 Å². The van der Waals surface area contributed by atoms with Crippen LogP contribution in [0.15, 0.2) is 121 Å². The maximum atomic E-state index is 13.0. The summed E-state index contributed by atoms with van der Waals surface area (Å²) in [5, 5.41) is 1.81. The van der Waals surface area contributed by atoms with E-state index >= 15 is 0 Å². The predicted octanol–water partition coefficient (Wildman–Crippen LogP) is 9.84. The van der Waals surface area contributed by atoms with Gasteiger partial charge in [0.15, 0.2) is 0 Å². The summed E-state index contributed by atoms with van der Waals surface area (Å²) >= 11 is 0. The Bertz CT molecular complexity index is 1670. The second-order valence-electron chi connectivity index (χ2n) is 8.87. The van der Waals surface area contributed by atoms with Gasteiger partial charge in [-0.1, -0.05) is 84.9 Å².